The summed E-state index contributed by atoms with van der Waals surface area (Å²) in [6.07, 6.45) is -4.52. The predicted octanol–water partition coefficient (Wildman–Crippen LogP) is 2.62. The molecule has 0 aliphatic carbocycles. The number of anilines is 3. The molecular weight excluding hydrogens is 371 g/mol. The number of ether oxygens (including phenoxy) is 4. The van der Waals surface area contributed by atoms with Crippen LogP contribution in [0.2, 0.25) is 0 Å². The summed E-state index contributed by atoms with van der Waals surface area (Å²) >= 11 is 0. The van der Waals surface area contributed by atoms with Crippen LogP contribution in [0.25, 0.3) is 0 Å². The lowest BCUT2D eigenvalue weighted by atomic mass is 10.2. The van der Waals surface area contributed by atoms with E-state index in [0.717, 1.165) is 0 Å². The zero-order valence-corrected chi connectivity index (χ0v) is 15.0. The summed E-state index contributed by atoms with van der Waals surface area (Å²) in [6, 6.07) is 2.68. The van der Waals surface area contributed by atoms with E-state index in [0.29, 0.717) is 22.9 Å². The van der Waals surface area contributed by atoms with Gasteiger partial charge in [0.15, 0.2) is 18.1 Å². The van der Waals surface area contributed by atoms with E-state index >= 15 is 0 Å². The Morgan fingerprint density at radius 1 is 0.926 bits per heavy atom. The fourth-order valence-corrected chi connectivity index (χ4v) is 2.02. The highest BCUT2D eigenvalue weighted by Crippen LogP contribution is 2.40. The first-order chi connectivity index (χ1) is 12.8. The third kappa shape index (κ3) is 5.39. The van der Waals surface area contributed by atoms with Crippen molar-refractivity contribution in [3.8, 4) is 23.3 Å². The van der Waals surface area contributed by atoms with Crippen LogP contribution in [0.15, 0.2) is 12.1 Å². The van der Waals surface area contributed by atoms with E-state index in [4.69, 9.17) is 14.2 Å². The van der Waals surface area contributed by atoms with Gasteiger partial charge in [0, 0.05) is 24.9 Å². The van der Waals surface area contributed by atoms with Crippen molar-refractivity contribution in [2.24, 2.45) is 0 Å². The van der Waals surface area contributed by atoms with E-state index in [9.17, 15) is 13.2 Å². The van der Waals surface area contributed by atoms with Crippen molar-refractivity contribution in [1.82, 2.24) is 15.0 Å². The van der Waals surface area contributed by atoms with Crippen LogP contribution in [-0.2, 0) is 0 Å². The van der Waals surface area contributed by atoms with Crippen molar-refractivity contribution < 1.29 is 32.1 Å². The van der Waals surface area contributed by atoms with E-state index in [1.54, 1.807) is 12.1 Å². The second-order valence-electron chi connectivity index (χ2n) is 4.96. The van der Waals surface area contributed by atoms with Crippen molar-refractivity contribution in [3.63, 3.8) is 0 Å². The van der Waals surface area contributed by atoms with Crippen molar-refractivity contribution in [2.45, 2.75) is 6.18 Å². The van der Waals surface area contributed by atoms with Crippen LogP contribution in [-0.4, -0.2) is 56.1 Å². The zero-order valence-electron chi connectivity index (χ0n) is 15.0. The fourth-order valence-electron chi connectivity index (χ4n) is 2.02. The first-order valence-electron chi connectivity index (χ1n) is 7.50. The summed E-state index contributed by atoms with van der Waals surface area (Å²) in [5.41, 5.74) is 0.444. The van der Waals surface area contributed by atoms with Crippen LogP contribution in [0.4, 0.5) is 30.8 Å². The van der Waals surface area contributed by atoms with Gasteiger partial charge >= 0.3 is 12.2 Å². The Labute approximate surface area is 152 Å². The predicted molar refractivity (Wildman–Crippen MR) is 90.3 cm³/mol. The van der Waals surface area contributed by atoms with Crippen LogP contribution in [0, 0.1) is 0 Å². The SMILES string of the molecule is CNc1nc(Nc2cc(OC)c(OC)c(OC)c2)nc(OCC(F)(F)F)n1. The summed E-state index contributed by atoms with van der Waals surface area (Å²) in [7, 11) is 5.87. The van der Waals surface area contributed by atoms with Crippen LogP contribution < -0.4 is 29.6 Å². The maximum Gasteiger partial charge on any atom is 0.422 e. The number of aromatic nitrogens is 3. The number of hydrogen-bond acceptors (Lipinski definition) is 9. The minimum absolute atomic E-state index is 0.0251. The summed E-state index contributed by atoms with van der Waals surface area (Å²) in [5, 5.41) is 5.46. The van der Waals surface area contributed by atoms with E-state index in [1.165, 1.54) is 28.4 Å². The largest absolute Gasteiger partial charge is 0.493 e. The Morgan fingerprint density at radius 3 is 2.00 bits per heavy atom. The van der Waals surface area contributed by atoms with Gasteiger partial charge in [-0.25, -0.2) is 0 Å². The number of rotatable bonds is 8. The molecule has 0 saturated carbocycles. The topological polar surface area (TPSA) is 99.7 Å². The monoisotopic (exact) mass is 389 g/mol. The van der Waals surface area contributed by atoms with Crippen LogP contribution in [0.1, 0.15) is 0 Å². The molecule has 0 spiro atoms. The van der Waals surface area contributed by atoms with Crippen LogP contribution in [0.3, 0.4) is 0 Å². The third-order valence-corrected chi connectivity index (χ3v) is 3.12. The summed E-state index contributed by atoms with van der Waals surface area (Å²) in [6.45, 7) is -1.52. The summed E-state index contributed by atoms with van der Waals surface area (Å²) in [5.74, 6) is 1.11. The van der Waals surface area contributed by atoms with Gasteiger partial charge in [0.2, 0.25) is 17.6 Å². The number of alkyl halides is 3. The maximum atomic E-state index is 12.3. The second-order valence-corrected chi connectivity index (χ2v) is 4.96. The van der Waals surface area contributed by atoms with Gasteiger partial charge in [0.25, 0.3) is 0 Å². The molecule has 0 saturated heterocycles. The standard InChI is InChI=1S/C15H18F3N5O4/c1-19-12-21-13(23-14(22-12)27-7-15(16,17)18)20-8-5-9(24-2)11(26-4)10(6-8)25-3/h5-6H,7H2,1-4H3,(H2,19,20,21,22,23). The Hall–Kier alpha value is -3.18. The highest BCUT2D eigenvalue weighted by atomic mass is 19.4. The van der Waals surface area contributed by atoms with E-state index in [-0.39, 0.29) is 11.9 Å². The minimum Gasteiger partial charge on any atom is -0.493 e. The molecule has 1 aromatic carbocycles. The van der Waals surface area contributed by atoms with Gasteiger partial charge in [-0.3, -0.25) is 0 Å². The molecule has 0 fully saturated rings. The lowest BCUT2D eigenvalue weighted by Gasteiger charge is -2.15. The van der Waals surface area contributed by atoms with Gasteiger partial charge in [-0.05, 0) is 0 Å². The molecule has 9 nitrogen and oxygen atoms in total. The first-order valence-corrected chi connectivity index (χ1v) is 7.50. The molecule has 0 bridgehead atoms. The average molecular weight is 389 g/mol. The van der Waals surface area contributed by atoms with Crippen molar-refractivity contribution in [1.29, 1.82) is 0 Å². The van der Waals surface area contributed by atoms with Gasteiger partial charge in [-0.1, -0.05) is 0 Å². The number of nitrogens with one attached hydrogen (secondary N) is 2. The zero-order chi connectivity index (χ0) is 20.0. The van der Waals surface area contributed by atoms with Gasteiger partial charge in [0.05, 0.1) is 21.3 Å². The molecule has 27 heavy (non-hydrogen) atoms. The van der Waals surface area contributed by atoms with E-state index in [2.05, 4.69) is 30.3 Å². The van der Waals surface area contributed by atoms with Crippen molar-refractivity contribution >= 4 is 17.6 Å². The maximum absolute atomic E-state index is 12.3. The van der Waals surface area contributed by atoms with E-state index in [1.807, 2.05) is 0 Å². The van der Waals surface area contributed by atoms with Gasteiger partial charge in [0.1, 0.15) is 0 Å². The molecule has 1 aromatic heterocycles. The molecular formula is C15H18F3N5O4. The van der Waals surface area contributed by atoms with Gasteiger partial charge < -0.3 is 29.6 Å². The third-order valence-electron chi connectivity index (χ3n) is 3.12. The molecule has 0 aliphatic heterocycles. The molecule has 0 unspecified atom stereocenters. The van der Waals surface area contributed by atoms with Gasteiger partial charge in [-0.2, -0.15) is 28.1 Å². The number of hydrogen-bond donors (Lipinski definition) is 2. The molecule has 0 aliphatic rings. The summed E-state index contributed by atoms with van der Waals surface area (Å²) in [4.78, 5) is 11.6. The molecule has 0 radical (unpaired) electrons. The minimum atomic E-state index is -4.52. The molecule has 12 heteroatoms. The van der Waals surface area contributed by atoms with E-state index < -0.39 is 18.8 Å². The smallest absolute Gasteiger partial charge is 0.422 e. The lowest BCUT2D eigenvalue weighted by molar-refractivity contribution is -0.154. The lowest BCUT2D eigenvalue weighted by Crippen LogP contribution is -2.20. The Morgan fingerprint density at radius 2 is 1.52 bits per heavy atom. The number of nitrogens with zero attached hydrogens (tertiary/aromatic N) is 3. The van der Waals surface area contributed by atoms with Crippen molar-refractivity contribution in [3.05, 3.63) is 12.1 Å². The molecule has 1 heterocycles. The van der Waals surface area contributed by atoms with Crippen LogP contribution >= 0.6 is 0 Å². The highest BCUT2D eigenvalue weighted by Gasteiger charge is 2.29. The quantitative estimate of drug-likeness (QED) is 0.706. The molecule has 0 amide bonds. The molecule has 2 N–H and O–H groups in total. The Kier molecular flexibility index (Phi) is 6.32. The van der Waals surface area contributed by atoms with Crippen LogP contribution in [0.5, 0.6) is 23.3 Å². The average Bonchev–Trinajstić information content (AvgIpc) is 2.64. The Bertz CT molecular complexity index is 764. The molecule has 0 atom stereocenters. The number of methoxy groups -OCH3 is 3. The first kappa shape index (κ1) is 20.1. The number of benzene rings is 1. The summed E-state index contributed by atoms with van der Waals surface area (Å²) < 4.78 is 57.3. The number of halogens is 3. The fraction of sp³-hybridized carbons (Fsp3) is 0.400. The molecule has 2 rings (SSSR count). The van der Waals surface area contributed by atoms with Gasteiger partial charge in [-0.15, -0.1) is 0 Å². The normalized spacial score (nSPS) is 10.9. The molecule has 148 valence electrons. The molecule has 2 aromatic rings. The van der Waals surface area contributed by atoms with Crippen molar-refractivity contribution in [2.75, 3.05) is 45.6 Å². The Balaban J connectivity index is 2.33. The second kappa shape index (κ2) is 8.47. The highest BCUT2D eigenvalue weighted by molar-refractivity contribution is 5.66.